The zero-order chi connectivity index (χ0) is 11.0. The van der Waals surface area contributed by atoms with Crippen LogP contribution in [0.2, 0.25) is 0 Å². The smallest absolute Gasteiger partial charge is 0.166 e. The fourth-order valence-corrected chi connectivity index (χ4v) is 2.61. The molecule has 80 valence electrons. The molecular weight excluding hydrogens is 198 g/mol. The molecule has 0 aromatic carbocycles. The molecule has 3 nitrogen and oxygen atoms in total. The van der Waals surface area contributed by atoms with Crippen LogP contribution in [-0.2, 0) is 9.84 Å². The monoisotopic (exact) mass is 215 g/mol. The molecule has 0 aliphatic heterocycles. The number of hydrogen-bond acceptors (Lipinski definition) is 3. The van der Waals surface area contributed by atoms with Crippen molar-refractivity contribution in [1.29, 1.82) is 5.26 Å². The van der Waals surface area contributed by atoms with Crippen LogP contribution in [0.5, 0.6) is 0 Å². The number of unbranched alkanes of at least 4 members (excludes halogenated alkanes) is 2. The maximum Gasteiger partial charge on any atom is 0.166 e. The highest BCUT2D eigenvalue weighted by atomic mass is 32.2. The fraction of sp³-hybridized carbons (Fsp3) is 0.700. The molecule has 0 N–H and O–H groups in total. The summed E-state index contributed by atoms with van der Waals surface area (Å²) in [5, 5.41) is 7.77. The van der Waals surface area contributed by atoms with Crippen molar-refractivity contribution in [1.82, 2.24) is 0 Å². The summed E-state index contributed by atoms with van der Waals surface area (Å²) in [6.07, 6.45) is 4.23. The molecule has 0 aromatic heterocycles. The Bertz CT molecular complexity index is 301. The van der Waals surface area contributed by atoms with E-state index in [-0.39, 0.29) is 12.2 Å². The van der Waals surface area contributed by atoms with Gasteiger partial charge in [0.2, 0.25) is 0 Å². The average Bonchev–Trinajstić information content (AvgIpc) is 2.14. The van der Waals surface area contributed by atoms with Gasteiger partial charge in [0.25, 0.3) is 0 Å². The molecular formula is C10H17NO2S. The van der Waals surface area contributed by atoms with Gasteiger partial charge >= 0.3 is 0 Å². The number of allylic oxidation sites excluding steroid dienone is 1. The van der Waals surface area contributed by atoms with Gasteiger partial charge in [0.15, 0.2) is 15.1 Å². The predicted octanol–water partition coefficient (Wildman–Crippen LogP) is 2.06. The maximum atomic E-state index is 11.6. The summed E-state index contributed by atoms with van der Waals surface area (Å²) >= 11 is 0. The van der Waals surface area contributed by atoms with E-state index in [1.165, 1.54) is 6.08 Å². The zero-order valence-corrected chi connectivity index (χ0v) is 9.39. The van der Waals surface area contributed by atoms with Crippen LogP contribution in [0.25, 0.3) is 0 Å². The van der Waals surface area contributed by atoms with Gasteiger partial charge in [0.05, 0.1) is 11.8 Å². The second-order valence-corrected chi connectivity index (χ2v) is 5.52. The molecule has 1 atom stereocenters. The van der Waals surface area contributed by atoms with E-state index in [0.29, 0.717) is 6.42 Å². The van der Waals surface area contributed by atoms with Crippen molar-refractivity contribution in [3.05, 3.63) is 12.7 Å². The zero-order valence-electron chi connectivity index (χ0n) is 8.57. The molecule has 14 heavy (non-hydrogen) atoms. The van der Waals surface area contributed by atoms with Gasteiger partial charge in [-0.2, -0.15) is 5.26 Å². The van der Waals surface area contributed by atoms with Crippen LogP contribution in [0.15, 0.2) is 12.7 Å². The lowest BCUT2D eigenvalue weighted by Gasteiger charge is -2.07. The minimum atomic E-state index is -3.24. The molecule has 0 bridgehead atoms. The summed E-state index contributed by atoms with van der Waals surface area (Å²) in [5.74, 6) is 0.118. The van der Waals surface area contributed by atoms with Gasteiger partial charge < -0.3 is 0 Å². The second-order valence-electron chi connectivity index (χ2n) is 3.22. The van der Waals surface area contributed by atoms with Crippen LogP contribution in [0.1, 0.15) is 32.6 Å². The van der Waals surface area contributed by atoms with E-state index in [1.54, 1.807) is 0 Å². The Morgan fingerprint density at radius 1 is 1.50 bits per heavy atom. The second kappa shape index (κ2) is 6.61. The SMILES string of the molecule is C=CCC(C#N)S(=O)(=O)CCCCC. The Balaban J connectivity index is 4.29. The normalized spacial score (nSPS) is 13.1. The van der Waals surface area contributed by atoms with E-state index >= 15 is 0 Å². The van der Waals surface area contributed by atoms with Crippen molar-refractivity contribution < 1.29 is 8.42 Å². The quantitative estimate of drug-likeness (QED) is 0.482. The van der Waals surface area contributed by atoms with Crippen LogP contribution in [-0.4, -0.2) is 19.4 Å². The third-order valence-electron chi connectivity index (χ3n) is 1.99. The standard InChI is InChI=1S/C10H17NO2S/c1-3-5-6-8-14(12,13)10(9-11)7-4-2/h4,10H,2-3,5-8H2,1H3. The number of nitrogens with zero attached hydrogens (tertiary/aromatic N) is 1. The summed E-state index contributed by atoms with van der Waals surface area (Å²) in [4.78, 5) is 0. The summed E-state index contributed by atoms with van der Waals surface area (Å²) in [6, 6.07) is 1.81. The van der Waals surface area contributed by atoms with Gasteiger partial charge in [0, 0.05) is 0 Å². The molecule has 0 rings (SSSR count). The predicted molar refractivity (Wildman–Crippen MR) is 57.5 cm³/mol. The lowest BCUT2D eigenvalue weighted by Crippen LogP contribution is -2.22. The molecule has 0 radical (unpaired) electrons. The first kappa shape index (κ1) is 13.2. The van der Waals surface area contributed by atoms with Gasteiger partial charge in [-0.1, -0.05) is 25.8 Å². The maximum absolute atomic E-state index is 11.6. The van der Waals surface area contributed by atoms with Gasteiger partial charge in [0.1, 0.15) is 0 Å². The molecule has 0 spiro atoms. The Labute approximate surface area is 86.4 Å². The van der Waals surface area contributed by atoms with Crippen molar-refractivity contribution in [2.75, 3.05) is 5.75 Å². The molecule has 1 unspecified atom stereocenters. The highest BCUT2D eigenvalue weighted by Gasteiger charge is 2.22. The molecule has 0 fully saturated rings. The molecule has 0 aliphatic rings. The molecule has 0 heterocycles. The van der Waals surface area contributed by atoms with E-state index in [4.69, 9.17) is 5.26 Å². The van der Waals surface area contributed by atoms with Crippen LogP contribution in [0, 0.1) is 11.3 Å². The minimum absolute atomic E-state index is 0.118. The number of rotatable bonds is 7. The molecule has 4 heteroatoms. The lowest BCUT2D eigenvalue weighted by molar-refractivity contribution is 0.584. The Hall–Kier alpha value is -0.820. The van der Waals surface area contributed by atoms with E-state index in [2.05, 4.69) is 6.58 Å². The largest absolute Gasteiger partial charge is 0.227 e. The third-order valence-corrected chi connectivity index (χ3v) is 4.01. The number of sulfone groups is 1. The first-order valence-electron chi connectivity index (χ1n) is 4.80. The van der Waals surface area contributed by atoms with Gasteiger partial charge in [-0.15, -0.1) is 6.58 Å². The topological polar surface area (TPSA) is 57.9 Å². The van der Waals surface area contributed by atoms with Crippen molar-refractivity contribution in [2.24, 2.45) is 0 Å². The Morgan fingerprint density at radius 2 is 2.14 bits per heavy atom. The molecule has 0 saturated heterocycles. The summed E-state index contributed by atoms with van der Waals surface area (Å²) in [6.45, 7) is 5.45. The molecule has 0 aromatic rings. The number of hydrogen-bond donors (Lipinski definition) is 0. The summed E-state index contributed by atoms with van der Waals surface area (Å²) < 4.78 is 23.1. The first-order valence-corrected chi connectivity index (χ1v) is 6.52. The van der Waals surface area contributed by atoms with Gasteiger partial charge in [-0.25, -0.2) is 8.42 Å². The molecule has 0 amide bonds. The van der Waals surface area contributed by atoms with Crippen molar-refractivity contribution in [2.45, 2.75) is 37.9 Å². The Morgan fingerprint density at radius 3 is 2.57 bits per heavy atom. The average molecular weight is 215 g/mol. The minimum Gasteiger partial charge on any atom is -0.227 e. The van der Waals surface area contributed by atoms with Crippen molar-refractivity contribution >= 4 is 9.84 Å². The highest BCUT2D eigenvalue weighted by molar-refractivity contribution is 7.92. The van der Waals surface area contributed by atoms with E-state index in [1.807, 2.05) is 13.0 Å². The van der Waals surface area contributed by atoms with Crippen LogP contribution >= 0.6 is 0 Å². The summed E-state index contributed by atoms with van der Waals surface area (Å²) in [7, 11) is -3.24. The Kier molecular flexibility index (Phi) is 6.22. The van der Waals surface area contributed by atoms with Crippen LogP contribution in [0.4, 0.5) is 0 Å². The van der Waals surface area contributed by atoms with Crippen LogP contribution < -0.4 is 0 Å². The van der Waals surface area contributed by atoms with E-state index in [9.17, 15) is 8.42 Å². The highest BCUT2D eigenvalue weighted by Crippen LogP contribution is 2.10. The number of nitriles is 1. The van der Waals surface area contributed by atoms with Gasteiger partial charge in [-0.3, -0.25) is 0 Å². The molecule has 0 saturated carbocycles. The van der Waals surface area contributed by atoms with Crippen molar-refractivity contribution in [3.8, 4) is 6.07 Å². The van der Waals surface area contributed by atoms with Crippen molar-refractivity contribution in [3.63, 3.8) is 0 Å². The summed E-state index contributed by atoms with van der Waals surface area (Å²) in [5.41, 5.74) is 0. The first-order chi connectivity index (χ1) is 6.58. The lowest BCUT2D eigenvalue weighted by atomic mass is 10.3. The van der Waals surface area contributed by atoms with Crippen LogP contribution in [0.3, 0.4) is 0 Å². The van der Waals surface area contributed by atoms with Gasteiger partial charge in [-0.05, 0) is 12.8 Å². The van der Waals surface area contributed by atoms with E-state index < -0.39 is 15.1 Å². The third kappa shape index (κ3) is 4.43. The van der Waals surface area contributed by atoms with E-state index in [0.717, 1.165) is 12.8 Å². The molecule has 0 aliphatic carbocycles. The fourth-order valence-electron chi connectivity index (χ4n) is 1.13.